The second kappa shape index (κ2) is 37.5. The van der Waals surface area contributed by atoms with Gasteiger partial charge in [0, 0.05) is 0 Å². The van der Waals surface area contributed by atoms with E-state index in [0.717, 1.165) is 0 Å². The average Bonchev–Trinajstić information content (AvgIpc) is 2.08. The Morgan fingerprint density at radius 3 is 0.360 bits per heavy atom. The summed E-state index contributed by atoms with van der Waals surface area (Å²) in [6.07, 6.45) is 0. The maximum atomic E-state index is 9.11. The maximum absolute atomic E-state index is 9.11. The zero-order valence-electron chi connectivity index (χ0n) is 13.7. The molecule has 0 saturated carbocycles. The fraction of sp³-hybridized carbons (Fsp3) is 0. The molecule has 19 heteroatoms. The third-order valence-electron chi connectivity index (χ3n) is 0. The molecule has 0 spiro atoms. The molecule has 0 aliphatic carbocycles. The van der Waals surface area contributed by atoms with Gasteiger partial charge >= 0.3 is 57.9 Å². The van der Waals surface area contributed by atoms with Crippen molar-refractivity contribution in [2.24, 2.45) is 34.4 Å². The van der Waals surface area contributed by atoms with Gasteiger partial charge in [-0.3, -0.25) is 34.4 Å². The molecule has 0 aromatic carbocycles. The summed E-state index contributed by atoms with van der Waals surface area (Å²) in [5.74, 6) is 0. The van der Waals surface area contributed by atoms with Crippen LogP contribution in [0.4, 0.5) is 28.8 Å². The first-order chi connectivity index (χ1) is 10.4. The van der Waals surface area contributed by atoms with Crippen LogP contribution in [0.25, 0.3) is 0 Å². The van der Waals surface area contributed by atoms with Crippen LogP contribution in [0.3, 0.4) is 0 Å². The molecule has 0 fully saturated rings. The van der Waals surface area contributed by atoms with Crippen LogP contribution < -0.4 is 68.8 Å². The summed E-state index contributed by atoms with van der Waals surface area (Å²) >= 11 is 0. The van der Waals surface area contributed by atoms with Crippen molar-refractivity contribution in [2.75, 3.05) is 0 Å². The molecule has 0 atom stereocenters. The second-order valence-corrected chi connectivity index (χ2v) is 2.80. The van der Waals surface area contributed by atoms with Gasteiger partial charge in [-0.15, -0.1) is 0 Å². The smallest absolute Gasteiger partial charge is 0.319 e. The van der Waals surface area contributed by atoms with Crippen molar-refractivity contribution in [1.29, 1.82) is 0 Å². The van der Waals surface area contributed by atoms with Crippen molar-refractivity contribution in [3.63, 3.8) is 0 Å². The Hall–Kier alpha value is -2.71. The molecule has 12 amide bonds. The van der Waals surface area contributed by atoms with Crippen LogP contribution in [0, 0.1) is 0 Å². The van der Waals surface area contributed by atoms with Gasteiger partial charge in [0.2, 0.25) is 0 Å². The van der Waals surface area contributed by atoms with Crippen LogP contribution in [0.5, 0.6) is 0 Å². The number of quaternary nitrogens is 6. The molecular weight excluding hydrogens is 384 g/mol. The summed E-state index contributed by atoms with van der Waals surface area (Å²) in [7, 11) is 0. The Morgan fingerprint density at radius 2 is 0.360 bits per heavy atom. The third-order valence-corrected chi connectivity index (χ3v) is 0. The van der Waals surface area contributed by atoms with Crippen molar-refractivity contribution < 1.29 is 84.9 Å². The van der Waals surface area contributed by atoms with Crippen LogP contribution in [-0.2, 0) is 21.7 Å². The first kappa shape index (κ1) is 43.2. The molecule has 0 aliphatic rings. The number of primary amides is 6. The number of hydrogen-bond donors (Lipinski definition) is 12. The maximum Gasteiger partial charge on any atom is 3.00 e. The third kappa shape index (κ3) is 1080. The van der Waals surface area contributed by atoms with Crippen molar-refractivity contribution >= 4 is 36.2 Å². The Kier molecular flexibility index (Phi) is 64.8. The van der Waals surface area contributed by atoms with Crippen LogP contribution in [0.1, 0.15) is 0 Å². The average molecular weight is 414 g/mol. The van der Waals surface area contributed by atoms with Crippen LogP contribution in [0.2, 0.25) is 0 Å². The molecule has 0 aliphatic heterocycles. The summed E-state index contributed by atoms with van der Waals surface area (Å²) in [5, 5.41) is 0. The van der Waals surface area contributed by atoms with E-state index >= 15 is 0 Å². The van der Waals surface area contributed by atoms with E-state index in [-0.39, 0.29) is 21.7 Å². The molecule has 0 aromatic heterocycles. The van der Waals surface area contributed by atoms with Crippen LogP contribution in [0.15, 0.2) is 0 Å². The minimum Gasteiger partial charge on any atom is -0.319 e. The second-order valence-electron chi connectivity index (χ2n) is 2.80. The van der Waals surface area contributed by atoms with E-state index < -0.39 is 36.2 Å². The van der Waals surface area contributed by atoms with Gasteiger partial charge in [0.25, 0.3) is 0 Å². The van der Waals surface area contributed by atoms with Crippen molar-refractivity contribution in [3.05, 3.63) is 0 Å². The molecule has 1 radical (unpaired) electrons. The number of carbonyl (C=O) groups is 6. The Bertz CT molecular complexity index is 273. The molecule has 0 heterocycles. The monoisotopic (exact) mass is 414 g/mol. The number of urea groups is 6. The topological polar surface area (TPSA) is 424 Å². The van der Waals surface area contributed by atoms with Crippen molar-refractivity contribution in [1.82, 2.24) is 0 Å². The van der Waals surface area contributed by atoms with E-state index in [1.54, 1.807) is 0 Å². The van der Waals surface area contributed by atoms with E-state index in [1.807, 2.05) is 0 Å². The molecule has 0 aromatic rings. The number of carbonyl (C=O) groups excluding carboxylic acids is 6. The zero-order valence-corrected chi connectivity index (χ0v) is 15.2. The van der Waals surface area contributed by atoms with E-state index in [9.17, 15) is 0 Å². The first-order valence-corrected chi connectivity index (χ1v) is 5.08. The van der Waals surface area contributed by atoms with Gasteiger partial charge in [-0.05, 0) is 0 Å². The molecule has 0 rings (SSSR count). The van der Waals surface area contributed by atoms with Gasteiger partial charge in [0.05, 0.1) is 0 Å². The zero-order chi connectivity index (χ0) is 21.5. The van der Waals surface area contributed by atoms with E-state index in [2.05, 4.69) is 68.8 Å². The largest absolute Gasteiger partial charge is 3.00 e. The summed E-state index contributed by atoms with van der Waals surface area (Å²) in [6.45, 7) is 0. The van der Waals surface area contributed by atoms with Gasteiger partial charge in [-0.1, -0.05) is 0 Å². The number of hydrogen-bond acceptors (Lipinski definition) is 6. The minimum atomic E-state index is -0.583. The summed E-state index contributed by atoms with van der Waals surface area (Å²) < 4.78 is 0. The SMILES string of the molecule is NC([NH3+])=O.NC([NH3+])=O.NC([NH3+])=O.NC([NH3+])=O.NC([NH3+])=O.NC([NH3+])=O.[Ti+3]. The molecule has 25 heavy (non-hydrogen) atoms. The normalized spacial score (nSPS) is 6.00. The number of nitrogens with two attached hydrogens (primary N) is 6. The summed E-state index contributed by atoms with van der Waals surface area (Å²) in [5.41, 5.74) is 42.8. The van der Waals surface area contributed by atoms with Gasteiger partial charge in [-0.2, -0.15) is 0 Å². The Balaban J connectivity index is -0.0000000309. The van der Waals surface area contributed by atoms with E-state index in [4.69, 9.17) is 28.8 Å². The van der Waals surface area contributed by atoms with Crippen LogP contribution in [-0.4, -0.2) is 36.2 Å². The molecule has 18 nitrogen and oxygen atoms in total. The standard InChI is InChI=1S/6CH4N2O.Ti/c6*2-1(3)4;/h6*(H4,2,3,4);/q;;;;;;+3/p+6. The Morgan fingerprint density at radius 1 is 0.360 bits per heavy atom. The van der Waals surface area contributed by atoms with Gasteiger partial charge in [-0.25, -0.2) is 28.8 Å². The molecule has 0 unspecified atom stereocenters. The van der Waals surface area contributed by atoms with Gasteiger partial charge in [0.1, 0.15) is 0 Å². The fourth-order valence-corrected chi connectivity index (χ4v) is 0. The Labute approximate surface area is 156 Å². The van der Waals surface area contributed by atoms with Gasteiger partial charge in [0.15, 0.2) is 0 Å². The molecular formula is C6H30N12O6Ti+9. The van der Waals surface area contributed by atoms with Crippen molar-refractivity contribution in [2.45, 2.75) is 0 Å². The molecule has 0 saturated heterocycles. The van der Waals surface area contributed by atoms with Gasteiger partial charge < -0.3 is 34.4 Å². The molecule has 145 valence electrons. The minimum absolute atomic E-state index is 0. The predicted molar refractivity (Wildman–Crippen MR) is 74.8 cm³/mol. The van der Waals surface area contributed by atoms with E-state index in [0.29, 0.717) is 0 Å². The fourth-order valence-electron chi connectivity index (χ4n) is 0. The summed E-state index contributed by atoms with van der Waals surface area (Å²) in [4.78, 5) is 54.7. The van der Waals surface area contributed by atoms with Crippen molar-refractivity contribution in [3.8, 4) is 0 Å². The molecule has 30 N–H and O–H groups in total. The first-order valence-electron chi connectivity index (χ1n) is 5.08. The van der Waals surface area contributed by atoms with Crippen LogP contribution >= 0.6 is 0 Å². The number of amides is 12. The molecule has 0 bridgehead atoms. The number of rotatable bonds is 0. The quantitative estimate of drug-likeness (QED) is 0.170. The van der Waals surface area contributed by atoms with E-state index in [1.165, 1.54) is 0 Å². The predicted octanol–water partition coefficient (Wildman–Crippen LogP) is -10.2. The summed E-state index contributed by atoms with van der Waals surface area (Å²) in [6, 6.07) is -3.50.